The molecule has 0 unspecified atom stereocenters. The van der Waals surface area contributed by atoms with Gasteiger partial charge in [0.2, 0.25) is 11.5 Å². The Balaban J connectivity index is 2.23. The summed E-state index contributed by atoms with van der Waals surface area (Å²) in [4.78, 5) is 19.3. The summed E-state index contributed by atoms with van der Waals surface area (Å²) in [6, 6.07) is 3.11. The van der Waals surface area contributed by atoms with E-state index in [0.29, 0.717) is 0 Å². The molecule has 0 saturated heterocycles. The average Bonchev–Trinajstić information content (AvgIpc) is 2.86. The van der Waals surface area contributed by atoms with Crippen molar-refractivity contribution in [2.45, 2.75) is 25.1 Å². The van der Waals surface area contributed by atoms with Gasteiger partial charge in [-0.25, -0.2) is 9.97 Å². The summed E-state index contributed by atoms with van der Waals surface area (Å²) in [5.74, 6) is -1.58. The minimum absolute atomic E-state index is 0.102. The molecule has 1 amide bonds. The lowest BCUT2D eigenvalue weighted by molar-refractivity contribution is -0.270. The lowest BCUT2D eigenvalue weighted by atomic mass is 9.97. The number of imidazole rings is 1. The molecule has 0 bridgehead atoms. The van der Waals surface area contributed by atoms with Crippen molar-refractivity contribution in [3.8, 4) is 0 Å². The second kappa shape index (κ2) is 5.99. The van der Waals surface area contributed by atoms with Crippen LogP contribution in [-0.4, -0.2) is 31.7 Å². The highest BCUT2D eigenvalue weighted by molar-refractivity contribution is 5.90. The summed E-state index contributed by atoms with van der Waals surface area (Å²) in [6.07, 6.45) is -2.46. The van der Waals surface area contributed by atoms with Gasteiger partial charge in [0.15, 0.2) is 5.82 Å². The molecule has 9 heteroatoms. The number of carbonyl (C=O) groups is 1. The number of aliphatic hydroxyl groups is 1. The van der Waals surface area contributed by atoms with E-state index >= 15 is 0 Å². The van der Waals surface area contributed by atoms with Gasteiger partial charge in [-0.3, -0.25) is 4.79 Å². The summed E-state index contributed by atoms with van der Waals surface area (Å²) in [5.41, 5.74) is -2.55. The highest BCUT2D eigenvalue weighted by Gasteiger charge is 2.58. The molecule has 0 saturated carbocycles. The molecule has 0 fully saturated rings. The van der Waals surface area contributed by atoms with E-state index in [0.717, 1.165) is 16.3 Å². The number of alkyl halides is 3. The van der Waals surface area contributed by atoms with Gasteiger partial charge < -0.3 is 15.0 Å². The minimum Gasteiger partial charge on any atom is -0.374 e. The molecule has 2 aromatic heterocycles. The second-order valence-electron chi connectivity index (χ2n) is 5.17. The van der Waals surface area contributed by atoms with Crippen LogP contribution in [0.1, 0.15) is 17.8 Å². The number of hydrogen-bond acceptors (Lipinski definition) is 4. The van der Waals surface area contributed by atoms with Crippen LogP contribution in [0.5, 0.6) is 0 Å². The molecule has 0 radical (unpaired) electrons. The number of carbonyl (C=O) groups excluding carboxylic acids is 1. The van der Waals surface area contributed by atoms with Crippen LogP contribution in [0.25, 0.3) is 0 Å². The number of nitrogens with one attached hydrogen (secondary N) is 1. The Morgan fingerprint density at radius 3 is 2.52 bits per heavy atom. The number of aromatic nitrogens is 3. The van der Waals surface area contributed by atoms with Crippen molar-refractivity contribution in [3.05, 3.63) is 42.1 Å². The van der Waals surface area contributed by atoms with Crippen LogP contribution in [0.3, 0.4) is 0 Å². The van der Waals surface area contributed by atoms with Crippen molar-refractivity contribution in [1.29, 1.82) is 0 Å². The summed E-state index contributed by atoms with van der Waals surface area (Å²) in [6.45, 7) is 1.78. The van der Waals surface area contributed by atoms with Gasteiger partial charge in [-0.05, 0) is 18.6 Å². The Morgan fingerprint density at radius 2 is 2.04 bits per heavy atom. The van der Waals surface area contributed by atoms with Gasteiger partial charge in [0.05, 0.1) is 6.42 Å². The van der Waals surface area contributed by atoms with Crippen LogP contribution in [0.4, 0.5) is 19.0 Å². The highest BCUT2D eigenvalue weighted by Crippen LogP contribution is 2.40. The van der Waals surface area contributed by atoms with Crippen molar-refractivity contribution < 1.29 is 23.1 Å². The Kier molecular flexibility index (Phi) is 4.42. The Labute approximate surface area is 130 Å². The largest absolute Gasteiger partial charge is 0.425 e. The van der Waals surface area contributed by atoms with Gasteiger partial charge >= 0.3 is 6.18 Å². The zero-order valence-corrected chi connectivity index (χ0v) is 12.4. The third kappa shape index (κ3) is 3.50. The van der Waals surface area contributed by atoms with Gasteiger partial charge in [0.1, 0.15) is 5.82 Å². The van der Waals surface area contributed by atoms with Crippen LogP contribution in [-0.2, 0) is 17.4 Å². The summed E-state index contributed by atoms with van der Waals surface area (Å²) >= 11 is 0. The van der Waals surface area contributed by atoms with E-state index in [1.54, 1.807) is 13.0 Å². The molecule has 0 spiro atoms. The molecule has 2 rings (SSSR count). The molecule has 0 aliphatic rings. The van der Waals surface area contributed by atoms with Gasteiger partial charge in [-0.15, -0.1) is 0 Å². The maximum atomic E-state index is 13.3. The molecule has 124 valence electrons. The van der Waals surface area contributed by atoms with E-state index in [1.165, 1.54) is 25.5 Å². The third-order valence-corrected chi connectivity index (χ3v) is 3.26. The SMILES string of the molecule is Cc1ccc(NC(=O)C[C@@](O)(c2nccn2C)C(F)(F)F)nc1. The standard InChI is InChI=1S/C14H15F3N4O2/c1-9-3-4-10(19-8-9)20-11(22)7-13(23,14(15,16)17)12-18-5-6-21(12)2/h3-6,8,23H,7H2,1-2H3,(H,19,20,22)/t13-/m1/s1. The van der Waals surface area contributed by atoms with Crippen molar-refractivity contribution in [1.82, 2.24) is 14.5 Å². The number of anilines is 1. The van der Waals surface area contributed by atoms with Gasteiger partial charge in [-0.2, -0.15) is 13.2 Å². The van der Waals surface area contributed by atoms with Gasteiger partial charge in [-0.1, -0.05) is 6.07 Å². The lowest BCUT2D eigenvalue weighted by Crippen LogP contribution is -2.46. The second-order valence-corrected chi connectivity index (χ2v) is 5.17. The number of hydrogen-bond donors (Lipinski definition) is 2. The third-order valence-electron chi connectivity index (χ3n) is 3.26. The quantitative estimate of drug-likeness (QED) is 0.898. The maximum absolute atomic E-state index is 13.3. The topological polar surface area (TPSA) is 80.0 Å². The first kappa shape index (κ1) is 16.9. The minimum atomic E-state index is -5.07. The number of rotatable bonds is 4. The van der Waals surface area contributed by atoms with E-state index in [2.05, 4.69) is 15.3 Å². The molecular weight excluding hydrogens is 313 g/mol. The van der Waals surface area contributed by atoms with E-state index in [4.69, 9.17) is 0 Å². The molecule has 23 heavy (non-hydrogen) atoms. The Bertz CT molecular complexity index is 697. The van der Waals surface area contributed by atoms with E-state index in [1.807, 2.05) is 0 Å². The molecule has 2 N–H and O–H groups in total. The van der Waals surface area contributed by atoms with Crippen molar-refractivity contribution in [2.24, 2.45) is 7.05 Å². The molecule has 1 atom stereocenters. The maximum Gasteiger partial charge on any atom is 0.425 e. The molecular formula is C14H15F3N4O2. The van der Waals surface area contributed by atoms with E-state index in [9.17, 15) is 23.1 Å². The number of nitrogens with zero attached hydrogens (tertiary/aromatic N) is 3. The average molecular weight is 328 g/mol. The Morgan fingerprint density at radius 1 is 1.35 bits per heavy atom. The summed E-state index contributed by atoms with van der Waals surface area (Å²) in [5, 5.41) is 12.3. The first-order chi connectivity index (χ1) is 10.6. The predicted octanol–water partition coefficient (Wildman–Crippen LogP) is 1.90. The molecule has 2 heterocycles. The molecule has 0 aromatic carbocycles. The number of amides is 1. The van der Waals surface area contributed by atoms with Crippen LogP contribution in [0.15, 0.2) is 30.7 Å². The van der Waals surface area contributed by atoms with Crippen LogP contribution in [0.2, 0.25) is 0 Å². The van der Waals surface area contributed by atoms with Crippen molar-refractivity contribution in [2.75, 3.05) is 5.32 Å². The number of pyridine rings is 1. The van der Waals surface area contributed by atoms with Crippen LogP contribution >= 0.6 is 0 Å². The number of halogens is 3. The lowest BCUT2D eigenvalue weighted by Gasteiger charge is -2.29. The normalized spacial score (nSPS) is 14.3. The van der Waals surface area contributed by atoms with Crippen LogP contribution < -0.4 is 5.32 Å². The zero-order valence-electron chi connectivity index (χ0n) is 12.4. The van der Waals surface area contributed by atoms with Gasteiger partial charge in [0.25, 0.3) is 0 Å². The molecule has 0 aliphatic carbocycles. The summed E-state index contributed by atoms with van der Waals surface area (Å²) < 4.78 is 40.9. The Hall–Kier alpha value is -2.42. The summed E-state index contributed by atoms with van der Waals surface area (Å²) in [7, 11) is 1.30. The van der Waals surface area contributed by atoms with Gasteiger partial charge in [0, 0.05) is 25.6 Å². The smallest absolute Gasteiger partial charge is 0.374 e. The fourth-order valence-corrected chi connectivity index (χ4v) is 2.03. The van der Waals surface area contributed by atoms with E-state index < -0.39 is 29.9 Å². The monoisotopic (exact) mass is 328 g/mol. The first-order valence-electron chi connectivity index (χ1n) is 6.63. The van der Waals surface area contributed by atoms with Crippen molar-refractivity contribution >= 4 is 11.7 Å². The molecule has 0 aliphatic heterocycles. The predicted molar refractivity (Wildman–Crippen MR) is 75.4 cm³/mol. The number of aryl methyl sites for hydroxylation is 2. The molecule has 2 aromatic rings. The fraction of sp³-hybridized carbons (Fsp3) is 0.357. The zero-order chi connectivity index (χ0) is 17.3. The molecule has 6 nitrogen and oxygen atoms in total. The fourth-order valence-electron chi connectivity index (χ4n) is 2.03. The van der Waals surface area contributed by atoms with Crippen molar-refractivity contribution in [3.63, 3.8) is 0 Å². The van der Waals surface area contributed by atoms with Crippen LogP contribution in [0, 0.1) is 6.92 Å². The highest BCUT2D eigenvalue weighted by atomic mass is 19.4. The first-order valence-corrected chi connectivity index (χ1v) is 6.63. The van der Waals surface area contributed by atoms with E-state index in [-0.39, 0.29) is 5.82 Å².